The zero-order chi connectivity index (χ0) is 23.5. The van der Waals surface area contributed by atoms with Gasteiger partial charge in [-0.1, -0.05) is 0 Å². The Bertz CT molecular complexity index is 1100. The maximum atomic E-state index is 7.98. The second-order valence-electron chi connectivity index (χ2n) is 7.03. The van der Waals surface area contributed by atoms with Gasteiger partial charge in [0.1, 0.15) is 47.9 Å². The molecule has 0 unspecified atom stereocenters. The Morgan fingerprint density at radius 1 is 0.636 bits per heavy atom. The van der Waals surface area contributed by atoms with Gasteiger partial charge in [0.15, 0.2) is 11.7 Å². The molecule has 0 bridgehead atoms. The molecular formula is C22H24N6O5. The number of rotatable bonds is 10. The van der Waals surface area contributed by atoms with Gasteiger partial charge in [0.25, 0.3) is 0 Å². The van der Waals surface area contributed by atoms with Gasteiger partial charge in [-0.05, 0) is 24.3 Å². The number of hydrogen-bond donors (Lipinski definition) is 4. The summed E-state index contributed by atoms with van der Waals surface area (Å²) in [5, 5.41) is 16.0. The summed E-state index contributed by atoms with van der Waals surface area (Å²) in [5.74, 6) is 2.60. The first-order chi connectivity index (χ1) is 16.0. The monoisotopic (exact) mass is 452 g/mol. The molecule has 11 nitrogen and oxygen atoms in total. The first kappa shape index (κ1) is 22.1. The Kier molecular flexibility index (Phi) is 6.13. The Labute approximate surface area is 190 Å². The number of ether oxygens (including phenoxy) is 5. The fraction of sp³-hybridized carbons (Fsp3) is 0.273. The summed E-state index contributed by atoms with van der Waals surface area (Å²) in [7, 11) is 3.05. The normalized spacial score (nSPS) is 13.9. The van der Waals surface area contributed by atoms with Crippen molar-refractivity contribution >= 4 is 23.3 Å². The lowest BCUT2D eigenvalue weighted by Gasteiger charge is -2.14. The van der Waals surface area contributed by atoms with Crippen molar-refractivity contribution in [2.24, 2.45) is 21.5 Å². The molecule has 2 aliphatic rings. The Hall–Kier alpha value is -4.12. The van der Waals surface area contributed by atoms with Crippen LogP contribution in [0, 0.1) is 10.8 Å². The van der Waals surface area contributed by atoms with Crippen LogP contribution < -0.4 is 30.4 Å². The molecule has 0 spiro atoms. The van der Waals surface area contributed by atoms with E-state index >= 15 is 0 Å². The van der Waals surface area contributed by atoms with E-state index in [4.69, 9.17) is 46.0 Å². The molecule has 11 heteroatoms. The van der Waals surface area contributed by atoms with Crippen molar-refractivity contribution in [1.29, 1.82) is 10.8 Å². The zero-order valence-corrected chi connectivity index (χ0v) is 18.2. The molecule has 6 N–H and O–H groups in total. The van der Waals surface area contributed by atoms with Gasteiger partial charge in [0, 0.05) is 0 Å². The van der Waals surface area contributed by atoms with Crippen LogP contribution in [-0.4, -0.2) is 64.0 Å². The molecule has 2 heterocycles. The molecule has 33 heavy (non-hydrogen) atoms. The first-order valence-corrected chi connectivity index (χ1v) is 10.1. The van der Waals surface area contributed by atoms with Crippen molar-refractivity contribution in [3.05, 3.63) is 46.5 Å². The third-order valence-corrected chi connectivity index (χ3v) is 5.12. The highest BCUT2D eigenvalue weighted by Crippen LogP contribution is 2.35. The lowest BCUT2D eigenvalue weighted by molar-refractivity contribution is 0.0763. The van der Waals surface area contributed by atoms with Crippen LogP contribution in [0.2, 0.25) is 0 Å². The number of methoxy groups -OCH3 is 2. The van der Waals surface area contributed by atoms with E-state index in [1.54, 1.807) is 24.3 Å². The number of nitrogens with one attached hydrogen (secondary N) is 2. The number of hydrogen-bond acceptors (Lipinski definition) is 9. The zero-order valence-electron chi connectivity index (χ0n) is 18.2. The van der Waals surface area contributed by atoms with Gasteiger partial charge in [-0.2, -0.15) is 0 Å². The van der Waals surface area contributed by atoms with Gasteiger partial charge in [0.2, 0.25) is 0 Å². The van der Waals surface area contributed by atoms with Crippen LogP contribution in [0.1, 0.15) is 22.3 Å². The molecule has 0 aliphatic carbocycles. The Morgan fingerprint density at radius 3 is 1.42 bits per heavy atom. The summed E-state index contributed by atoms with van der Waals surface area (Å²) in [6, 6.07) is 6.89. The number of nitrogens with zero attached hydrogens (tertiary/aromatic N) is 2. The number of fused-ring (bicyclic) bond motifs is 2. The lowest BCUT2D eigenvalue weighted by atomic mass is 10.1. The van der Waals surface area contributed by atoms with Crippen molar-refractivity contribution in [1.82, 2.24) is 0 Å². The van der Waals surface area contributed by atoms with Crippen LogP contribution in [0.15, 0.2) is 34.3 Å². The SMILES string of the molecule is COc1ccc(OCCOCCOc2ccc(OC)c3c2C(N)=NC3=N)c2c1C(=N)N=C2N. The highest BCUT2D eigenvalue weighted by Gasteiger charge is 2.28. The second-order valence-corrected chi connectivity index (χ2v) is 7.03. The highest BCUT2D eigenvalue weighted by molar-refractivity contribution is 6.24. The van der Waals surface area contributed by atoms with Crippen LogP contribution in [0.5, 0.6) is 23.0 Å². The van der Waals surface area contributed by atoms with E-state index in [0.717, 1.165) is 0 Å². The van der Waals surface area contributed by atoms with Crippen molar-refractivity contribution in [3.8, 4) is 23.0 Å². The lowest BCUT2D eigenvalue weighted by Crippen LogP contribution is -2.17. The quantitative estimate of drug-likeness (QED) is 0.393. The largest absolute Gasteiger partial charge is 0.496 e. The van der Waals surface area contributed by atoms with E-state index in [9.17, 15) is 0 Å². The van der Waals surface area contributed by atoms with Gasteiger partial charge >= 0.3 is 0 Å². The van der Waals surface area contributed by atoms with Crippen molar-refractivity contribution < 1.29 is 23.7 Å². The Balaban J connectivity index is 1.28. The van der Waals surface area contributed by atoms with Gasteiger partial charge in [-0.3, -0.25) is 10.8 Å². The van der Waals surface area contributed by atoms with E-state index in [0.29, 0.717) is 58.5 Å². The number of amidine groups is 4. The minimum absolute atomic E-state index is 0.0454. The van der Waals surface area contributed by atoms with Gasteiger partial charge in [-0.15, -0.1) is 0 Å². The molecule has 172 valence electrons. The summed E-state index contributed by atoms with van der Waals surface area (Å²) in [4.78, 5) is 8.00. The van der Waals surface area contributed by atoms with Crippen LogP contribution in [0.25, 0.3) is 0 Å². The predicted octanol–water partition coefficient (Wildman–Crippen LogP) is 1.27. The number of benzene rings is 2. The minimum atomic E-state index is 0.0454. The fourth-order valence-corrected chi connectivity index (χ4v) is 3.68. The third-order valence-electron chi connectivity index (χ3n) is 5.12. The van der Waals surface area contributed by atoms with Crippen LogP contribution >= 0.6 is 0 Å². The number of aliphatic imine (C=N–C) groups is 2. The molecule has 4 rings (SSSR count). The second kappa shape index (κ2) is 9.17. The summed E-state index contributed by atoms with van der Waals surface area (Å²) in [6.07, 6.45) is 0. The molecule has 0 aromatic heterocycles. The van der Waals surface area contributed by atoms with Gasteiger partial charge in [-0.25, -0.2) is 9.98 Å². The van der Waals surface area contributed by atoms with E-state index in [1.165, 1.54) is 14.2 Å². The highest BCUT2D eigenvalue weighted by atomic mass is 16.5. The topological polar surface area (TPSA) is 171 Å². The molecule has 2 aromatic carbocycles. The molecule has 0 radical (unpaired) electrons. The van der Waals surface area contributed by atoms with E-state index < -0.39 is 0 Å². The maximum Gasteiger partial charge on any atom is 0.158 e. The average molecular weight is 452 g/mol. The minimum Gasteiger partial charge on any atom is -0.496 e. The maximum absolute atomic E-state index is 7.98. The van der Waals surface area contributed by atoms with Gasteiger partial charge < -0.3 is 35.2 Å². The standard InChI is InChI=1S/C22H24N6O5/c1-29-11-3-5-13(17-15(11)19(23)27-21(17)25)32-9-7-31-8-10-33-14-6-4-12(30-2)16-18(14)22(26)28-20(16)24/h3-6H,7-10H2,1-2H3,(H3,23,25,27)(H3,24,26,28). The Morgan fingerprint density at radius 2 is 1.03 bits per heavy atom. The smallest absolute Gasteiger partial charge is 0.158 e. The molecule has 0 saturated carbocycles. The predicted molar refractivity (Wildman–Crippen MR) is 123 cm³/mol. The molecule has 2 aromatic rings. The summed E-state index contributed by atoms with van der Waals surface area (Å²) in [6.45, 7) is 1.17. The molecule has 0 amide bonds. The summed E-state index contributed by atoms with van der Waals surface area (Å²) in [5.41, 5.74) is 14.0. The first-order valence-electron chi connectivity index (χ1n) is 10.1. The van der Waals surface area contributed by atoms with Crippen molar-refractivity contribution in [2.45, 2.75) is 0 Å². The summed E-state index contributed by atoms with van der Waals surface area (Å²) < 4.78 is 27.8. The van der Waals surface area contributed by atoms with E-state index in [2.05, 4.69) is 9.98 Å². The molecular weight excluding hydrogens is 428 g/mol. The number of nitrogens with two attached hydrogens (primary N) is 2. The third kappa shape index (κ3) is 4.05. The van der Waals surface area contributed by atoms with Crippen molar-refractivity contribution in [3.63, 3.8) is 0 Å². The van der Waals surface area contributed by atoms with E-state index in [-0.39, 0.29) is 36.6 Å². The molecule has 0 atom stereocenters. The molecule has 0 saturated heterocycles. The molecule has 2 aliphatic heterocycles. The average Bonchev–Trinajstić information content (AvgIpc) is 3.28. The molecule has 0 fully saturated rings. The fourth-order valence-electron chi connectivity index (χ4n) is 3.68. The summed E-state index contributed by atoms with van der Waals surface area (Å²) >= 11 is 0. The van der Waals surface area contributed by atoms with Crippen LogP contribution in [0.3, 0.4) is 0 Å². The van der Waals surface area contributed by atoms with Crippen molar-refractivity contribution in [2.75, 3.05) is 40.6 Å². The van der Waals surface area contributed by atoms with Crippen LogP contribution in [-0.2, 0) is 4.74 Å². The van der Waals surface area contributed by atoms with Gasteiger partial charge in [0.05, 0.1) is 49.7 Å². The van der Waals surface area contributed by atoms with Crippen LogP contribution in [0.4, 0.5) is 0 Å². The van der Waals surface area contributed by atoms with E-state index in [1.807, 2.05) is 0 Å².